The number of hydrogen-bond acceptors (Lipinski definition) is 9. The zero-order valence-corrected chi connectivity index (χ0v) is 26.6. The molecule has 7 N–H and O–H groups in total. The van der Waals surface area contributed by atoms with Crippen LogP contribution in [0.1, 0.15) is 45.7 Å². The van der Waals surface area contributed by atoms with Crippen LogP contribution < -0.4 is 31.6 Å². The molecule has 2 amide bonds. The number of rotatable bonds is 8. The number of anilines is 2. The molecule has 3 heterocycles. The van der Waals surface area contributed by atoms with Gasteiger partial charge in [0.05, 0.1) is 28.0 Å². The topological polar surface area (TPSA) is 175 Å². The lowest BCUT2D eigenvalue weighted by Crippen LogP contribution is -2.12. The van der Waals surface area contributed by atoms with Crippen LogP contribution in [0.3, 0.4) is 0 Å². The minimum atomic E-state index is -0.696. The number of nitrogens with two attached hydrogens (primary N) is 2. The van der Waals surface area contributed by atoms with Crippen molar-refractivity contribution in [1.82, 2.24) is 9.97 Å². The van der Waals surface area contributed by atoms with E-state index in [2.05, 4.69) is 32.7 Å². The molecule has 0 bridgehead atoms. The third-order valence-corrected chi connectivity index (χ3v) is 7.40. The highest BCUT2D eigenvalue weighted by Crippen LogP contribution is 2.35. The van der Waals surface area contributed by atoms with Crippen LogP contribution in [-0.4, -0.2) is 33.7 Å². The number of primary amides is 2. The van der Waals surface area contributed by atoms with Crippen LogP contribution >= 0.6 is 0 Å². The molecule has 0 spiro atoms. The first kappa shape index (κ1) is 33.0. The quantitative estimate of drug-likeness (QED) is 0.126. The van der Waals surface area contributed by atoms with Gasteiger partial charge >= 0.3 is 0 Å². The Morgan fingerprint density at radius 3 is 2.06 bits per heavy atom. The number of amides is 2. The van der Waals surface area contributed by atoms with E-state index in [1.165, 1.54) is 11.6 Å². The van der Waals surface area contributed by atoms with Crippen molar-refractivity contribution in [3.63, 3.8) is 0 Å². The molecule has 0 radical (unpaired) electrons. The number of nitrogens with one attached hydrogen (secondary N) is 2. The van der Waals surface area contributed by atoms with Gasteiger partial charge in [-0.05, 0) is 47.5 Å². The molecule has 0 aliphatic carbocycles. The third kappa shape index (κ3) is 7.37. The summed E-state index contributed by atoms with van der Waals surface area (Å²) < 4.78 is 10.7. The van der Waals surface area contributed by atoms with Gasteiger partial charge in [-0.25, -0.2) is 0 Å². The van der Waals surface area contributed by atoms with Gasteiger partial charge in [-0.15, -0.1) is 0 Å². The van der Waals surface area contributed by atoms with E-state index in [-0.39, 0.29) is 18.1 Å². The van der Waals surface area contributed by atoms with Gasteiger partial charge in [0.15, 0.2) is 11.5 Å². The monoisotopic (exact) mass is 644 g/mol. The zero-order valence-electron chi connectivity index (χ0n) is 26.6. The van der Waals surface area contributed by atoms with Crippen molar-refractivity contribution < 1.29 is 24.2 Å². The number of aromatic nitrogens is 2. The molecule has 7 rings (SSSR count). The fourth-order valence-electron chi connectivity index (χ4n) is 5.20. The Morgan fingerprint density at radius 2 is 1.35 bits per heavy atom. The molecular weight excluding hydrogens is 608 g/mol. The smallest absolute Gasteiger partial charge is 0.253 e. The van der Waals surface area contributed by atoms with Crippen LogP contribution in [-0.2, 0) is 13.1 Å². The average molecular weight is 645 g/mol. The van der Waals surface area contributed by atoms with Gasteiger partial charge in [0.25, 0.3) is 5.91 Å². The minimum absolute atomic E-state index is 0.0664. The average Bonchev–Trinajstić information content (AvgIpc) is 3.59. The number of benzene rings is 4. The van der Waals surface area contributed by atoms with E-state index >= 15 is 0 Å². The van der Waals surface area contributed by atoms with E-state index in [9.17, 15) is 14.7 Å². The van der Waals surface area contributed by atoms with E-state index in [0.717, 1.165) is 27.9 Å². The number of aromatic hydroxyl groups is 1. The maximum Gasteiger partial charge on any atom is 0.253 e. The lowest BCUT2D eigenvalue weighted by molar-refractivity contribution is 0.0992. The number of carbonyl (C=O) groups is 2. The predicted molar refractivity (Wildman–Crippen MR) is 187 cm³/mol. The van der Waals surface area contributed by atoms with Gasteiger partial charge in [0.1, 0.15) is 5.75 Å². The molecule has 1 aliphatic rings. The molecule has 0 saturated heterocycles. The fourth-order valence-corrected chi connectivity index (χ4v) is 5.20. The molecule has 0 atom stereocenters. The first-order valence-electron chi connectivity index (χ1n) is 15.4. The summed E-state index contributed by atoms with van der Waals surface area (Å²) >= 11 is 0. The number of fused-ring (bicyclic) bond motifs is 3. The Kier molecular flexibility index (Phi) is 10.5. The zero-order chi connectivity index (χ0) is 34.0. The lowest BCUT2D eigenvalue weighted by atomic mass is 10.0. The van der Waals surface area contributed by atoms with Crippen LogP contribution in [0, 0.1) is 0 Å². The summed E-state index contributed by atoms with van der Waals surface area (Å²) in [4.78, 5) is 31.8. The molecule has 48 heavy (non-hydrogen) atoms. The second-order valence-corrected chi connectivity index (χ2v) is 10.4. The second-order valence-electron chi connectivity index (χ2n) is 10.4. The molecule has 2 aromatic heterocycles. The fraction of sp³-hybridized carbons (Fsp3) is 0.135. The Morgan fingerprint density at radius 1 is 0.708 bits per heavy atom. The Balaban J connectivity index is 0.000000181. The summed E-state index contributed by atoms with van der Waals surface area (Å²) in [6.45, 7) is 5.41. The highest BCUT2D eigenvalue weighted by atomic mass is 16.7. The van der Waals surface area contributed by atoms with Crippen molar-refractivity contribution >= 4 is 45.0 Å². The molecule has 244 valence electrons. The Bertz CT molecular complexity index is 2070. The summed E-state index contributed by atoms with van der Waals surface area (Å²) in [7, 11) is 0. The number of hydrogen-bond donors (Lipinski definition) is 5. The van der Waals surface area contributed by atoms with E-state index in [4.69, 9.17) is 20.9 Å². The van der Waals surface area contributed by atoms with Crippen molar-refractivity contribution in [3.8, 4) is 17.2 Å². The molecule has 0 saturated carbocycles. The van der Waals surface area contributed by atoms with E-state index in [1.54, 1.807) is 36.7 Å². The standard InChI is InChI=1S/C18H15N3O4.C17H15N3O.C2H6/c19-18(23)16-11-2-1-5-20-17(11)12(7-13(16)22)21-8-10-3-4-14-15(6-10)25-9-24-14;18-17(21)14-8-9-15(16-13(14)7-4-10-19-16)20-11-12-5-2-1-3-6-12;1-2/h1-7,21-22H,8-9H2,(H2,19,23);1-10,20H,11H2,(H2,18,21);1-2H3. The van der Waals surface area contributed by atoms with Gasteiger partial charge < -0.3 is 36.7 Å². The number of phenols is 1. The third-order valence-electron chi connectivity index (χ3n) is 7.40. The number of nitrogens with zero attached hydrogens (tertiary/aromatic N) is 2. The summed E-state index contributed by atoms with van der Waals surface area (Å²) in [5, 5.41) is 18.0. The minimum Gasteiger partial charge on any atom is -0.507 e. The van der Waals surface area contributed by atoms with Gasteiger partial charge in [-0.2, -0.15) is 0 Å². The molecule has 11 nitrogen and oxygen atoms in total. The molecular formula is C37H36N6O5. The van der Waals surface area contributed by atoms with Crippen LogP contribution in [0.2, 0.25) is 0 Å². The normalized spacial score (nSPS) is 11.1. The maximum atomic E-state index is 11.6. The highest BCUT2D eigenvalue weighted by Gasteiger charge is 2.17. The molecule has 0 unspecified atom stereocenters. The van der Waals surface area contributed by atoms with E-state index < -0.39 is 11.8 Å². The van der Waals surface area contributed by atoms with Crippen LogP contribution in [0.5, 0.6) is 17.2 Å². The summed E-state index contributed by atoms with van der Waals surface area (Å²) in [5.74, 6) is 0.107. The summed E-state index contributed by atoms with van der Waals surface area (Å²) in [5.41, 5.74) is 16.3. The second kappa shape index (κ2) is 15.3. The Hall–Kier alpha value is -6.36. The van der Waals surface area contributed by atoms with Gasteiger partial charge in [-0.1, -0.05) is 62.4 Å². The number of ether oxygens (including phenoxy) is 2. The molecule has 1 aliphatic heterocycles. The van der Waals surface area contributed by atoms with Crippen LogP contribution in [0.15, 0.2) is 103 Å². The van der Waals surface area contributed by atoms with Crippen LogP contribution in [0.4, 0.5) is 11.4 Å². The van der Waals surface area contributed by atoms with E-state index in [1.807, 2.05) is 62.4 Å². The van der Waals surface area contributed by atoms with Gasteiger partial charge in [-0.3, -0.25) is 19.6 Å². The summed E-state index contributed by atoms with van der Waals surface area (Å²) in [6.07, 6.45) is 3.33. The SMILES string of the molecule is CC.NC(=O)c1c(O)cc(NCc2ccc3c(c2)OCO3)c2ncccc12.NC(=O)c1ccc(NCc2ccccc2)c2ncccc12. The first-order valence-corrected chi connectivity index (χ1v) is 15.4. The predicted octanol–water partition coefficient (Wildman–Crippen LogP) is 6.35. The van der Waals surface area contributed by atoms with Crippen molar-refractivity contribution in [2.45, 2.75) is 26.9 Å². The maximum absolute atomic E-state index is 11.6. The molecule has 4 aromatic carbocycles. The van der Waals surface area contributed by atoms with Gasteiger partial charge in [0.2, 0.25) is 12.7 Å². The van der Waals surface area contributed by atoms with Crippen molar-refractivity contribution in [2.75, 3.05) is 17.4 Å². The van der Waals surface area contributed by atoms with E-state index in [0.29, 0.717) is 41.0 Å². The van der Waals surface area contributed by atoms with Crippen molar-refractivity contribution in [3.05, 3.63) is 126 Å². The molecule has 0 fully saturated rings. The molecule has 6 aromatic rings. The molecule has 11 heteroatoms. The first-order chi connectivity index (χ1) is 23.4. The van der Waals surface area contributed by atoms with Crippen LogP contribution in [0.25, 0.3) is 21.8 Å². The highest BCUT2D eigenvalue weighted by molar-refractivity contribution is 6.11. The van der Waals surface area contributed by atoms with Crippen molar-refractivity contribution in [2.24, 2.45) is 11.5 Å². The Labute approximate surface area is 277 Å². The number of pyridine rings is 2. The largest absolute Gasteiger partial charge is 0.507 e. The lowest BCUT2D eigenvalue weighted by Gasteiger charge is -2.13. The summed E-state index contributed by atoms with van der Waals surface area (Å²) in [6, 6.07) is 27.9. The van der Waals surface area contributed by atoms with Gasteiger partial charge in [0, 0.05) is 47.9 Å². The van der Waals surface area contributed by atoms with Crippen molar-refractivity contribution in [1.29, 1.82) is 0 Å². The number of carbonyl (C=O) groups excluding carboxylic acids is 2.